The lowest BCUT2D eigenvalue weighted by atomic mass is 10.2. The van der Waals surface area contributed by atoms with Crippen molar-refractivity contribution in [1.29, 1.82) is 0 Å². The molecule has 4 nitrogen and oxygen atoms in total. The molecule has 1 aromatic carbocycles. The number of amides is 1. The summed E-state index contributed by atoms with van der Waals surface area (Å²) in [5, 5.41) is 2.92. The van der Waals surface area contributed by atoms with E-state index in [4.69, 9.17) is 5.73 Å². The third kappa shape index (κ3) is 4.08. The molecule has 0 spiro atoms. The topological polar surface area (TPSA) is 68.0 Å². The van der Waals surface area contributed by atoms with Crippen molar-refractivity contribution in [2.24, 2.45) is 5.73 Å². The normalized spacial score (nSPS) is 11.9. The van der Waals surface area contributed by atoms with Crippen LogP contribution in [0, 0.1) is 0 Å². The Kier molecular flexibility index (Phi) is 5.15. The van der Waals surface area contributed by atoms with Gasteiger partial charge in [0.15, 0.2) is 0 Å². The number of nitrogens with zero attached hydrogens (tertiary/aromatic N) is 1. The van der Waals surface area contributed by atoms with E-state index in [0.29, 0.717) is 6.54 Å². The second-order valence-corrected chi connectivity index (χ2v) is 5.61. The molecule has 0 saturated carbocycles. The van der Waals surface area contributed by atoms with E-state index in [-0.39, 0.29) is 11.2 Å². The van der Waals surface area contributed by atoms with Gasteiger partial charge >= 0.3 is 0 Å². The van der Waals surface area contributed by atoms with E-state index in [2.05, 4.69) is 10.3 Å². The Morgan fingerprint density at radius 2 is 2.10 bits per heavy atom. The molecule has 1 aromatic heterocycles. The van der Waals surface area contributed by atoms with E-state index in [0.717, 1.165) is 16.1 Å². The Morgan fingerprint density at radius 3 is 2.65 bits per heavy atom. The molecule has 0 aliphatic rings. The predicted octanol–water partition coefficient (Wildman–Crippen LogP) is 2.83. The summed E-state index contributed by atoms with van der Waals surface area (Å²) in [7, 11) is 0. The maximum Gasteiger partial charge on any atom is 0.221 e. The number of rotatable bonds is 5. The highest BCUT2D eigenvalue weighted by molar-refractivity contribution is 7.99. The van der Waals surface area contributed by atoms with Gasteiger partial charge < -0.3 is 11.1 Å². The zero-order valence-electron chi connectivity index (χ0n) is 11.2. The van der Waals surface area contributed by atoms with Gasteiger partial charge in [0.2, 0.25) is 5.91 Å². The summed E-state index contributed by atoms with van der Waals surface area (Å²) in [6.45, 7) is 2.04. The van der Waals surface area contributed by atoms with Crippen molar-refractivity contribution in [3.05, 3.63) is 54.4 Å². The molecule has 3 N–H and O–H groups in total. The fourth-order valence-corrected chi connectivity index (χ4v) is 2.80. The van der Waals surface area contributed by atoms with Crippen LogP contribution in [0.4, 0.5) is 5.69 Å². The van der Waals surface area contributed by atoms with Crippen LogP contribution in [0.2, 0.25) is 0 Å². The first-order chi connectivity index (χ1) is 9.69. The first-order valence-corrected chi connectivity index (χ1v) is 7.21. The van der Waals surface area contributed by atoms with Crippen molar-refractivity contribution >= 4 is 23.4 Å². The van der Waals surface area contributed by atoms with Crippen LogP contribution in [-0.4, -0.2) is 17.4 Å². The van der Waals surface area contributed by atoms with E-state index in [1.165, 1.54) is 6.92 Å². The predicted molar refractivity (Wildman–Crippen MR) is 82.6 cm³/mol. The molecule has 0 bridgehead atoms. The molecule has 104 valence electrons. The Balaban J connectivity index is 2.06. The second kappa shape index (κ2) is 7.07. The molecule has 2 rings (SSSR count). The monoisotopic (exact) mass is 287 g/mol. The van der Waals surface area contributed by atoms with E-state index in [9.17, 15) is 4.79 Å². The van der Waals surface area contributed by atoms with Crippen LogP contribution >= 0.6 is 11.8 Å². The van der Waals surface area contributed by atoms with Crippen molar-refractivity contribution in [3.63, 3.8) is 0 Å². The summed E-state index contributed by atoms with van der Waals surface area (Å²) >= 11 is 1.69. The molecular formula is C15H17N3OS. The maximum absolute atomic E-state index is 11.0. The summed E-state index contributed by atoms with van der Waals surface area (Å²) < 4.78 is 0. The maximum atomic E-state index is 11.0. The molecule has 0 aliphatic carbocycles. The number of nitrogens with one attached hydrogen (secondary N) is 1. The first-order valence-electron chi connectivity index (χ1n) is 6.33. The summed E-state index contributed by atoms with van der Waals surface area (Å²) in [5.74, 6) is -0.0689. The zero-order chi connectivity index (χ0) is 14.4. The third-order valence-corrected chi connectivity index (χ3v) is 4.02. The number of benzene rings is 1. The second-order valence-electron chi connectivity index (χ2n) is 4.33. The van der Waals surface area contributed by atoms with Crippen molar-refractivity contribution < 1.29 is 4.79 Å². The van der Waals surface area contributed by atoms with Gasteiger partial charge in [-0.15, -0.1) is 11.8 Å². The van der Waals surface area contributed by atoms with E-state index >= 15 is 0 Å². The number of nitrogens with two attached hydrogens (primary N) is 1. The quantitative estimate of drug-likeness (QED) is 0.830. The van der Waals surface area contributed by atoms with Gasteiger partial charge in [-0.1, -0.05) is 6.07 Å². The Labute approximate surface area is 122 Å². The summed E-state index contributed by atoms with van der Waals surface area (Å²) in [6, 6.07) is 11.7. The molecule has 1 unspecified atom stereocenters. The largest absolute Gasteiger partial charge is 0.329 e. The van der Waals surface area contributed by atoms with Crippen LogP contribution in [0.5, 0.6) is 0 Å². The van der Waals surface area contributed by atoms with Crippen LogP contribution in [-0.2, 0) is 4.79 Å². The highest BCUT2D eigenvalue weighted by atomic mass is 32.2. The Hall–Kier alpha value is -1.85. The van der Waals surface area contributed by atoms with Gasteiger partial charge in [-0.05, 0) is 35.9 Å². The number of hydrogen-bond donors (Lipinski definition) is 2. The van der Waals surface area contributed by atoms with E-state index in [1.807, 2.05) is 42.6 Å². The number of carbonyl (C=O) groups excluding carboxylic acids is 1. The summed E-state index contributed by atoms with van der Waals surface area (Å²) in [4.78, 5) is 16.2. The van der Waals surface area contributed by atoms with Gasteiger partial charge in [0.25, 0.3) is 0 Å². The molecule has 1 heterocycles. The number of thioether (sulfide) groups is 1. The first kappa shape index (κ1) is 14.6. The van der Waals surface area contributed by atoms with Gasteiger partial charge in [-0.25, -0.2) is 0 Å². The van der Waals surface area contributed by atoms with Crippen molar-refractivity contribution in [2.45, 2.75) is 17.1 Å². The Morgan fingerprint density at radius 1 is 1.35 bits per heavy atom. The summed E-state index contributed by atoms with van der Waals surface area (Å²) in [6.07, 6.45) is 3.60. The van der Waals surface area contributed by atoms with Gasteiger partial charge in [0, 0.05) is 41.7 Å². The van der Waals surface area contributed by atoms with Crippen molar-refractivity contribution in [3.8, 4) is 0 Å². The number of carbonyl (C=O) groups is 1. The minimum atomic E-state index is -0.0689. The fraction of sp³-hybridized carbons (Fsp3) is 0.200. The minimum absolute atomic E-state index is 0.0689. The van der Waals surface area contributed by atoms with Gasteiger partial charge in [0.1, 0.15) is 0 Å². The number of anilines is 1. The molecule has 1 atom stereocenters. The van der Waals surface area contributed by atoms with Crippen molar-refractivity contribution in [2.75, 3.05) is 11.9 Å². The number of hydrogen-bond acceptors (Lipinski definition) is 4. The average Bonchev–Trinajstić information content (AvgIpc) is 2.47. The fourth-order valence-electron chi connectivity index (χ4n) is 1.80. The van der Waals surface area contributed by atoms with E-state index < -0.39 is 0 Å². The smallest absolute Gasteiger partial charge is 0.221 e. The molecule has 2 aromatic rings. The van der Waals surface area contributed by atoms with Crippen molar-refractivity contribution in [1.82, 2.24) is 4.98 Å². The molecule has 5 heteroatoms. The van der Waals surface area contributed by atoms with Crippen LogP contribution < -0.4 is 11.1 Å². The molecule has 0 fully saturated rings. The van der Waals surface area contributed by atoms with Gasteiger partial charge in [-0.3, -0.25) is 9.78 Å². The lowest BCUT2D eigenvalue weighted by Gasteiger charge is -2.14. The Bertz CT molecular complexity index is 557. The van der Waals surface area contributed by atoms with Crippen LogP contribution in [0.25, 0.3) is 0 Å². The molecular weight excluding hydrogens is 270 g/mol. The van der Waals surface area contributed by atoms with Gasteiger partial charge in [0.05, 0.1) is 0 Å². The van der Waals surface area contributed by atoms with Crippen LogP contribution in [0.1, 0.15) is 17.7 Å². The molecule has 1 amide bonds. The molecule has 0 aliphatic heterocycles. The minimum Gasteiger partial charge on any atom is -0.329 e. The average molecular weight is 287 g/mol. The molecule has 0 saturated heterocycles. The third-order valence-electron chi connectivity index (χ3n) is 2.72. The highest BCUT2D eigenvalue weighted by Crippen LogP contribution is 2.34. The number of pyridine rings is 1. The zero-order valence-corrected chi connectivity index (χ0v) is 12.1. The lowest BCUT2D eigenvalue weighted by molar-refractivity contribution is -0.114. The lowest BCUT2D eigenvalue weighted by Crippen LogP contribution is -2.09. The summed E-state index contributed by atoms with van der Waals surface area (Å²) in [5.41, 5.74) is 7.76. The molecule has 20 heavy (non-hydrogen) atoms. The number of aromatic nitrogens is 1. The van der Waals surface area contributed by atoms with Gasteiger partial charge in [-0.2, -0.15) is 0 Å². The highest BCUT2D eigenvalue weighted by Gasteiger charge is 2.11. The molecule has 0 radical (unpaired) electrons. The SMILES string of the molecule is CC(=O)Nc1ccc(SC(CN)c2cccnc2)cc1. The van der Waals surface area contributed by atoms with Crippen LogP contribution in [0.15, 0.2) is 53.7 Å². The van der Waals surface area contributed by atoms with Crippen LogP contribution in [0.3, 0.4) is 0 Å². The van der Waals surface area contributed by atoms with E-state index in [1.54, 1.807) is 18.0 Å². The standard InChI is InChI=1S/C15H17N3OS/c1-11(19)18-13-4-6-14(7-5-13)20-15(9-16)12-3-2-8-17-10-12/h2-8,10,15H,9,16H2,1H3,(H,18,19).